The summed E-state index contributed by atoms with van der Waals surface area (Å²) in [7, 11) is 0. The van der Waals surface area contributed by atoms with Crippen LogP contribution in [0.25, 0.3) is 0 Å². The third kappa shape index (κ3) is 10.4. The zero-order valence-electron chi connectivity index (χ0n) is 23.5. The Morgan fingerprint density at radius 1 is 0.854 bits per heavy atom. The van der Waals surface area contributed by atoms with Crippen molar-refractivity contribution in [1.82, 2.24) is 5.32 Å². The number of anilines is 1. The summed E-state index contributed by atoms with van der Waals surface area (Å²) in [6.07, 6.45) is -0.709. The normalized spacial score (nSPS) is 14.6. The molecule has 0 bridgehead atoms. The molecular weight excluding hydrogens is 580 g/mol. The lowest BCUT2D eigenvalue weighted by Gasteiger charge is -2.30. The molecule has 0 saturated heterocycles. The van der Waals surface area contributed by atoms with Gasteiger partial charge in [0.25, 0.3) is 5.91 Å². The van der Waals surface area contributed by atoms with E-state index in [-0.39, 0.29) is 11.7 Å². The quantitative estimate of drug-likeness (QED) is 0.161. The average Bonchev–Trinajstić information content (AvgIpc) is 3.03. The van der Waals surface area contributed by atoms with E-state index in [9.17, 15) is 28.8 Å². The van der Waals surface area contributed by atoms with Gasteiger partial charge in [-0.25, -0.2) is 4.79 Å². The first-order valence-corrected chi connectivity index (χ1v) is 14.1. The zero-order valence-corrected chi connectivity index (χ0v) is 25.1. The van der Waals surface area contributed by atoms with Gasteiger partial charge in [0, 0.05) is 32.6 Å². The van der Waals surface area contributed by atoms with Crippen LogP contribution >= 0.6 is 23.6 Å². The molecule has 13 nitrogen and oxygen atoms in total. The Labute approximate surface area is 246 Å². The summed E-state index contributed by atoms with van der Waals surface area (Å²) in [6, 6.07) is 0. The van der Waals surface area contributed by atoms with E-state index in [1.54, 1.807) is 6.92 Å². The smallest absolute Gasteiger partial charge is 0.341 e. The van der Waals surface area contributed by atoms with Crippen molar-refractivity contribution in [2.45, 2.75) is 85.0 Å². The Morgan fingerprint density at radius 2 is 1.49 bits per heavy atom. The molecule has 1 aromatic heterocycles. The van der Waals surface area contributed by atoms with Gasteiger partial charge < -0.3 is 29.0 Å². The highest BCUT2D eigenvalue weighted by Crippen LogP contribution is 2.38. The van der Waals surface area contributed by atoms with Crippen molar-refractivity contribution in [3.8, 4) is 0 Å². The van der Waals surface area contributed by atoms with Gasteiger partial charge in [-0.3, -0.25) is 29.3 Å². The first-order chi connectivity index (χ1) is 19.3. The molecule has 1 amide bonds. The summed E-state index contributed by atoms with van der Waals surface area (Å²) >= 11 is 6.66. The molecule has 0 radical (unpaired) electrons. The SMILES string of the molecule is CCOC(=O)c1c(NC(=S)NC(=O)C(OC(C)=O)C(OC(C)=O)C(COC(C)=O)OC(C)=O)sc2c1CCCCC2. The van der Waals surface area contributed by atoms with Crippen molar-refractivity contribution >= 4 is 69.4 Å². The molecule has 0 fully saturated rings. The summed E-state index contributed by atoms with van der Waals surface area (Å²) in [6.45, 7) is 5.44. The minimum absolute atomic E-state index is 0.169. The number of esters is 5. The predicted molar refractivity (Wildman–Crippen MR) is 149 cm³/mol. The highest BCUT2D eigenvalue weighted by Gasteiger charge is 2.42. The third-order valence-corrected chi connectivity index (χ3v) is 7.06. The van der Waals surface area contributed by atoms with Crippen LogP contribution in [0.3, 0.4) is 0 Å². The molecule has 1 aliphatic carbocycles. The number of thiophene rings is 1. The van der Waals surface area contributed by atoms with E-state index in [2.05, 4.69) is 10.6 Å². The second kappa shape index (κ2) is 16.0. The second-order valence-corrected chi connectivity index (χ2v) is 10.5. The standard InChI is InChI=1S/C26H34N2O11S2/c1-6-35-25(34)20-17-10-8-7-9-11-19(17)41-24(20)28-26(40)27-23(33)22(39-16(5)32)21(38-15(4)31)18(37-14(3)30)12-36-13(2)29/h18,21-22H,6-12H2,1-5H3,(H2,27,28,33,40). The fourth-order valence-corrected chi connectivity index (χ4v) is 5.70. The van der Waals surface area contributed by atoms with Gasteiger partial charge in [0.2, 0.25) is 6.10 Å². The Kier molecular flexibility index (Phi) is 13.1. The van der Waals surface area contributed by atoms with E-state index in [1.165, 1.54) is 11.3 Å². The third-order valence-electron chi connectivity index (χ3n) is 5.65. The molecule has 0 aromatic carbocycles. The van der Waals surface area contributed by atoms with Gasteiger partial charge in [-0.2, -0.15) is 0 Å². The molecule has 1 heterocycles. The number of nitrogens with one attached hydrogen (secondary N) is 2. The zero-order chi connectivity index (χ0) is 30.7. The molecule has 1 aliphatic rings. The molecule has 226 valence electrons. The Balaban J connectivity index is 2.36. The van der Waals surface area contributed by atoms with E-state index in [1.807, 2.05) is 0 Å². The molecule has 1 aromatic rings. The summed E-state index contributed by atoms with van der Waals surface area (Å²) in [5.74, 6) is -4.98. The van der Waals surface area contributed by atoms with Crippen LogP contribution in [0, 0.1) is 0 Å². The number of rotatable bonds is 11. The van der Waals surface area contributed by atoms with Crippen LogP contribution in [-0.2, 0) is 60.5 Å². The van der Waals surface area contributed by atoms with E-state index in [4.69, 9.17) is 35.9 Å². The lowest BCUT2D eigenvalue weighted by Crippen LogP contribution is -2.55. The van der Waals surface area contributed by atoms with Gasteiger partial charge in [-0.05, 0) is 50.4 Å². The molecule has 15 heteroatoms. The Morgan fingerprint density at radius 3 is 2.07 bits per heavy atom. The Hall–Kier alpha value is -3.59. The maximum absolute atomic E-state index is 13.3. The van der Waals surface area contributed by atoms with E-state index in [0.717, 1.165) is 63.8 Å². The molecule has 3 unspecified atom stereocenters. The summed E-state index contributed by atoms with van der Waals surface area (Å²) in [5, 5.41) is 5.37. The molecule has 2 rings (SSSR count). The molecule has 0 aliphatic heterocycles. The fraction of sp³-hybridized carbons (Fsp3) is 0.577. The highest BCUT2D eigenvalue weighted by molar-refractivity contribution is 7.80. The number of carbonyl (C=O) groups is 6. The van der Waals surface area contributed by atoms with Gasteiger partial charge in [0.05, 0.1) is 12.2 Å². The van der Waals surface area contributed by atoms with Crippen LogP contribution in [0.2, 0.25) is 0 Å². The largest absolute Gasteiger partial charge is 0.462 e. The summed E-state index contributed by atoms with van der Waals surface area (Å²) in [5.41, 5.74) is 1.22. The average molecular weight is 615 g/mol. The summed E-state index contributed by atoms with van der Waals surface area (Å²) in [4.78, 5) is 74.2. The van der Waals surface area contributed by atoms with Crippen LogP contribution in [-0.4, -0.2) is 72.4 Å². The number of thiocarbonyl (C=S) groups is 1. The number of aryl methyl sites for hydroxylation is 1. The topological polar surface area (TPSA) is 173 Å². The van der Waals surface area contributed by atoms with E-state index >= 15 is 0 Å². The number of carbonyl (C=O) groups excluding carboxylic acids is 6. The summed E-state index contributed by atoms with van der Waals surface area (Å²) < 4.78 is 25.7. The van der Waals surface area contributed by atoms with Crippen molar-refractivity contribution in [2.75, 3.05) is 18.5 Å². The van der Waals surface area contributed by atoms with Crippen LogP contribution in [0.1, 0.15) is 74.7 Å². The van der Waals surface area contributed by atoms with Crippen LogP contribution in [0.4, 0.5) is 5.00 Å². The number of hydrogen-bond acceptors (Lipinski definition) is 13. The van der Waals surface area contributed by atoms with Gasteiger partial charge >= 0.3 is 29.8 Å². The molecule has 3 atom stereocenters. The maximum Gasteiger partial charge on any atom is 0.341 e. The van der Waals surface area contributed by atoms with Crippen molar-refractivity contribution in [3.63, 3.8) is 0 Å². The lowest BCUT2D eigenvalue weighted by molar-refractivity contribution is -0.190. The monoisotopic (exact) mass is 614 g/mol. The molecule has 41 heavy (non-hydrogen) atoms. The van der Waals surface area contributed by atoms with Crippen LogP contribution in [0.5, 0.6) is 0 Å². The van der Waals surface area contributed by atoms with Crippen molar-refractivity contribution in [3.05, 3.63) is 16.0 Å². The molecule has 0 saturated carbocycles. The lowest BCUT2D eigenvalue weighted by atomic mass is 10.1. The molecule has 2 N–H and O–H groups in total. The minimum Gasteiger partial charge on any atom is -0.462 e. The van der Waals surface area contributed by atoms with Crippen molar-refractivity contribution in [1.29, 1.82) is 0 Å². The number of amides is 1. The minimum atomic E-state index is -1.87. The van der Waals surface area contributed by atoms with Gasteiger partial charge in [-0.1, -0.05) is 6.42 Å². The maximum atomic E-state index is 13.3. The molecular formula is C26H34N2O11S2. The number of ether oxygens (including phenoxy) is 5. The molecule has 0 spiro atoms. The van der Waals surface area contributed by atoms with Crippen molar-refractivity contribution in [2.24, 2.45) is 0 Å². The fourth-order valence-electron chi connectivity index (χ4n) is 4.15. The van der Waals surface area contributed by atoms with E-state index < -0.39 is 60.7 Å². The number of hydrogen-bond donors (Lipinski definition) is 2. The highest BCUT2D eigenvalue weighted by atomic mass is 32.1. The predicted octanol–water partition coefficient (Wildman–Crippen LogP) is 2.36. The Bertz CT molecular complexity index is 1180. The van der Waals surface area contributed by atoms with E-state index in [0.29, 0.717) is 17.0 Å². The first-order valence-electron chi connectivity index (χ1n) is 12.9. The second-order valence-electron chi connectivity index (χ2n) is 8.99. The van der Waals surface area contributed by atoms with Gasteiger partial charge in [0.1, 0.15) is 11.6 Å². The van der Waals surface area contributed by atoms with Gasteiger partial charge in [-0.15, -0.1) is 11.3 Å². The van der Waals surface area contributed by atoms with Crippen LogP contribution < -0.4 is 10.6 Å². The van der Waals surface area contributed by atoms with Crippen LogP contribution in [0.15, 0.2) is 0 Å². The van der Waals surface area contributed by atoms with Gasteiger partial charge in [0.15, 0.2) is 17.3 Å². The first kappa shape index (κ1) is 33.6. The number of fused-ring (bicyclic) bond motifs is 1. The van der Waals surface area contributed by atoms with Crippen molar-refractivity contribution < 1.29 is 52.5 Å².